The van der Waals surface area contributed by atoms with Gasteiger partial charge in [0.2, 0.25) is 5.91 Å². The number of carbonyl (C=O) groups is 1. The summed E-state index contributed by atoms with van der Waals surface area (Å²) in [7, 11) is 0. The number of amides is 1. The van der Waals surface area contributed by atoms with Crippen LogP contribution in [0, 0.1) is 11.6 Å². The highest BCUT2D eigenvalue weighted by molar-refractivity contribution is 7.80. The maximum Gasteiger partial charge on any atom is 0.227 e. The van der Waals surface area contributed by atoms with Crippen molar-refractivity contribution in [2.24, 2.45) is 5.73 Å². The Balaban J connectivity index is 2.84. The van der Waals surface area contributed by atoms with Crippen molar-refractivity contribution < 1.29 is 13.6 Å². The number of nitrogens with zero attached hydrogens (tertiary/aromatic N) is 1. The molecular weight excluding hydrogens is 270 g/mol. The van der Waals surface area contributed by atoms with E-state index in [2.05, 4.69) is 0 Å². The van der Waals surface area contributed by atoms with E-state index in [0.717, 1.165) is 12.1 Å². The van der Waals surface area contributed by atoms with Gasteiger partial charge in [-0.2, -0.15) is 0 Å². The first-order chi connectivity index (χ1) is 8.81. The number of benzene rings is 1. The fraction of sp³-hybridized carbons (Fsp3) is 0.385. The zero-order valence-corrected chi connectivity index (χ0v) is 11.6. The summed E-state index contributed by atoms with van der Waals surface area (Å²) in [6.07, 6.45) is -0.146. The maximum absolute atomic E-state index is 13.5. The number of hydrogen-bond donors (Lipinski definition) is 1. The zero-order chi connectivity index (χ0) is 14.6. The zero-order valence-electron chi connectivity index (χ0n) is 10.8. The molecule has 0 radical (unpaired) electrons. The lowest BCUT2D eigenvalue weighted by atomic mass is 10.1. The molecular formula is C13H16F2N2OS. The van der Waals surface area contributed by atoms with Crippen LogP contribution in [0.15, 0.2) is 18.2 Å². The van der Waals surface area contributed by atoms with Crippen molar-refractivity contribution >= 4 is 23.1 Å². The van der Waals surface area contributed by atoms with Crippen molar-refractivity contribution in [2.45, 2.75) is 26.3 Å². The Hall–Kier alpha value is -1.56. The number of carbonyl (C=O) groups excluding carboxylic acids is 1. The van der Waals surface area contributed by atoms with E-state index >= 15 is 0 Å². The van der Waals surface area contributed by atoms with E-state index in [-0.39, 0.29) is 35.5 Å². The van der Waals surface area contributed by atoms with E-state index in [4.69, 9.17) is 18.0 Å². The Bertz CT molecular complexity index is 492. The molecule has 2 N–H and O–H groups in total. The van der Waals surface area contributed by atoms with Gasteiger partial charge in [-0.1, -0.05) is 18.3 Å². The van der Waals surface area contributed by atoms with Gasteiger partial charge in [-0.25, -0.2) is 8.78 Å². The molecule has 0 atom stereocenters. The Morgan fingerprint density at radius 2 is 2.05 bits per heavy atom. The van der Waals surface area contributed by atoms with Gasteiger partial charge in [0.05, 0.1) is 18.0 Å². The van der Waals surface area contributed by atoms with Crippen molar-refractivity contribution in [2.75, 3.05) is 6.54 Å². The van der Waals surface area contributed by atoms with Crippen molar-refractivity contribution in [1.29, 1.82) is 0 Å². The van der Waals surface area contributed by atoms with Crippen LogP contribution < -0.4 is 5.73 Å². The molecule has 1 rings (SSSR count). The molecule has 0 spiro atoms. The van der Waals surface area contributed by atoms with E-state index in [1.807, 2.05) is 13.8 Å². The largest absolute Gasteiger partial charge is 0.392 e. The molecule has 19 heavy (non-hydrogen) atoms. The topological polar surface area (TPSA) is 46.3 Å². The van der Waals surface area contributed by atoms with Gasteiger partial charge < -0.3 is 10.6 Å². The maximum atomic E-state index is 13.5. The Labute approximate surface area is 116 Å². The van der Waals surface area contributed by atoms with E-state index in [9.17, 15) is 13.6 Å². The highest BCUT2D eigenvalue weighted by Gasteiger charge is 2.19. The second-order valence-electron chi connectivity index (χ2n) is 4.49. The third-order valence-corrected chi connectivity index (χ3v) is 2.76. The van der Waals surface area contributed by atoms with E-state index in [1.165, 1.54) is 11.0 Å². The van der Waals surface area contributed by atoms with Crippen molar-refractivity contribution in [3.05, 3.63) is 35.4 Å². The van der Waals surface area contributed by atoms with Crippen LogP contribution in [0.1, 0.15) is 19.4 Å². The monoisotopic (exact) mass is 286 g/mol. The van der Waals surface area contributed by atoms with Gasteiger partial charge in [-0.15, -0.1) is 0 Å². The Kier molecular flexibility index (Phi) is 5.35. The van der Waals surface area contributed by atoms with E-state index in [0.29, 0.717) is 0 Å². The van der Waals surface area contributed by atoms with Crippen LogP contribution in [0.5, 0.6) is 0 Å². The molecule has 1 aromatic rings. The summed E-state index contributed by atoms with van der Waals surface area (Å²) in [5, 5.41) is 0. The normalized spacial score (nSPS) is 10.6. The number of halogens is 2. The number of hydrogen-bond acceptors (Lipinski definition) is 2. The van der Waals surface area contributed by atoms with E-state index in [1.54, 1.807) is 0 Å². The molecule has 1 aromatic carbocycles. The quantitative estimate of drug-likeness (QED) is 0.843. The highest BCUT2D eigenvalue weighted by atomic mass is 32.1. The fourth-order valence-electron chi connectivity index (χ4n) is 1.66. The molecule has 0 unspecified atom stereocenters. The first-order valence-corrected chi connectivity index (χ1v) is 6.23. The van der Waals surface area contributed by atoms with Gasteiger partial charge in [-0.3, -0.25) is 4.79 Å². The predicted octanol–water partition coefficient (Wildman–Crippen LogP) is 2.03. The molecule has 3 nitrogen and oxygen atoms in total. The van der Waals surface area contributed by atoms with E-state index < -0.39 is 11.6 Å². The van der Waals surface area contributed by atoms with Crippen molar-refractivity contribution in [3.63, 3.8) is 0 Å². The fourth-order valence-corrected chi connectivity index (χ4v) is 1.80. The minimum absolute atomic E-state index is 0.0995. The lowest BCUT2D eigenvalue weighted by Crippen LogP contribution is -2.43. The molecule has 0 aromatic heterocycles. The Morgan fingerprint density at radius 3 is 2.53 bits per heavy atom. The standard InChI is InChI=1S/C13H16F2N2OS/c1-8(2)17(7-12(16)19)13(18)5-9-3-4-10(14)6-11(9)15/h3-4,6,8H,5,7H2,1-2H3,(H2,16,19). The first kappa shape index (κ1) is 15.5. The molecule has 0 heterocycles. The van der Waals surface area contributed by atoms with Gasteiger partial charge in [0.15, 0.2) is 0 Å². The smallest absolute Gasteiger partial charge is 0.227 e. The van der Waals surface area contributed by atoms with Crippen molar-refractivity contribution in [3.8, 4) is 0 Å². The van der Waals surface area contributed by atoms with Gasteiger partial charge in [0.25, 0.3) is 0 Å². The molecule has 1 amide bonds. The summed E-state index contributed by atoms with van der Waals surface area (Å²) in [5.41, 5.74) is 5.58. The SMILES string of the molecule is CC(C)N(CC(N)=S)C(=O)Cc1ccc(F)cc1F. The molecule has 0 aliphatic rings. The lowest BCUT2D eigenvalue weighted by molar-refractivity contribution is -0.131. The molecule has 0 fully saturated rings. The molecule has 0 bridgehead atoms. The molecule has 0 aliphatic heterocycles. The molecule has 0 aliphatic carbocycles. The van der Waals surface area contributed by atoms with Crippen LogP contribution in [0.4, 0.5) is 8.78 Å². The number of nitrogens with two attached hydrogens (primary N) is 1. The molecule has 0 saturated carbocycles. The van der Waals surface area contributed by atoms with Crippen LogP contribution in [-0.2, 0) is 11.2 Å². The first-order valence-electron chi connectivity index (χ1n) is 5.83. The second kappa shape index (κ2) is 6.56. The molecule has 0 saturated heterocycles. The summed E-state index contributed by atoms with van der Waals surface area (Å²) in [5.74, 6) is -1.70. The van der Waals surface area contributed by atoms with Gasteiger partial charge in [-0.05, 0) is 25.5 Å². The summed E-state index contributed by atoms with van der Waals surface area (Å²) in [6, 6.07) is 3.05. The minimum Gasteiger partial charge on any atom is -0.392 e. The van der Waals surface area contributed by atoms with Crippen LogP contribution in [0.2, 0.25) is 0 Å². The number of thiocarbonyl (C=S) groups is 1. The van der Waals surface area contributed by atoms with Gasteiger partial charge >= 0.3 is 0 Å². The van der Waals surface area contributed by atoms with Crippen molar-refractivity contribution in [1.82, 2.24) is 4.90 Å². The Morgan fingerprint density at radius 1 is 1.42 bits per heavy atom. The highest BCUT2D eigenvalue weighted by Crippen LogP contribution is 2.12. The summed E-state index contributed by atoms with van der Waals surface area (Å²) >= 11 is 4.78. The summed E-state index contributed by atoms with van der Waals surface area (Å²) in [4.78, 5) is 13.7. The summed E-state index contributed by atoms with van der Waals surface area (Å²) in [6.45, 7) is 3.78. The van der Waals surface area contributed by atoms with Crippen LogP contribution >= 0.6 is 12.2 Å². The molecule has 104 valence electrons. The second-order valence-corrected chi connectivity index (χ2v) is 5.02. The average molecular weight is 286 g/mol. The summed E-state index contributed by atoms with van der Waals surface area (Å²) < 4.78 is 26.3. The van der Waals surface area contributed by atoms with Gasteiger partial charge in [0, 0.05) is 12.1 Å². The van der Waals surface area contributed by atoms with Crippen LogP contribution in [0.3, 0.4) is 0 Å². The third kappa shape index (κ3) is 4.55. The number of rotatable bonds is 5. The minimum atomic E-state index is -0.729. The van der Waals surface area contributed by atoms with Gasteiger partial charge in [0.1, 0.15) is 11.6 Å². The average Bonchev–Trinajstić information content (AvgIpc) is 2.29. The van der Waals surface area contributed by atoms with Crippen LogP contribution in [-0.4, -0.2) is 28.4 Å². The van der Waals surface area contributed by atoms with Crippen LogP contribution in [0.25, 0.3) is 0 Å². The molecule has 6 heteroatoms. The third-order valence-electron chi connectivity index (χ3n) is 2.63. The predicted molar refractivity (Wildman–Crippen MR) is 73.7 cm³/mol. The lowest BCUT2D eigenvalue weighted by Gasteiger charge is -2.26.